The summed E-state index contributed by atoms with van der Waals surface area (Å²) in [4.78, 5) is 0. The van der Waals surface area contributed by atoms with E-state index in [1.807, 2.05) is 0 Å². The average Bonchev–Trinajstić information content (AvgIpc) is 2.33. The number of hydrogen-bond acceptors (Lipinski definition) is 1. The number of alkyl halides is 1. The van der Waals surface area contributed by atoms with Crippen LogP contribution in [0.2, 0.25) is 0 Å². The molecule has 2 heteroatoms. The van der Waals surface area contributed by atoms with Crippen molar-refractivity contribution < 1.29 is 4.74 Å². The van der Waals surface area contributed by atoms with Gasteiger partial charge in [0.15, 0.2) is 0 Å². The fraction of sp³-hybridized carbons (Fsp3) is 1.00. The maximum Gasteiger partial charge on any atom is 0.0771 e. The molecule has 0 atom stereocenters. The van der Waals surface area contributed by atoms with Crippen molar-refractivity contribution in [3.63, 3.8) is 0 Å². The standard InChI is InChI=1S/C16H29IO/c1-13(2)15-6-9-16(12-17,10-7-15)18-11-8-14-4-3-5-14/h13-15H,3-12H2,1-2H3. The molecule has 0 bridgehead atoms. The third kappa shape index (κ3) is 3.84. The lowest BCUT2D eigenvalue weighted by molar-refractivity contribution is -0.0683. The van der Waals surface area contributed by atoms with E-state index in [9.17, 15) is 0 Å². The van der Waals surface area contributed by atoms with E-state index in [1.54, 1.807) is 0 Å². The molecule has 0 N–H and O–H groups in total. The molecule has 106 valence electrons. The quantitative estimate of drug-likeness (QED) is 0.464. The molecule has 1 nitrogen and oxygen atoms in total. The first-order valence-electron chi connectivity index (χ1n) is 7.85. The van der Waals surface area contributed by atoms with Gasteiger partial charge in [-0.1, -0.05) is 55.7 Å². The molecule has 0 saturated heterocycles. The third-order valence-electron chi connectivity index (χ3n) is 5.29. The van der Waals surface area contributed by atoms with Crippen LogP contribution in [0, 0.1) is 17.8 Å². The number of hydrogen-bond donors (Lipinski definition) is 0. The van der Waals surface area contributed by atoms with Gasteiger partial charge < -0.3 is 4.74 Å². The molecular formula is C16H29IO. The predicted molar refractivity (Wildman–Crippen MR) is 86.3 cm³/mol. The van der Waals surface area contributed by atoms with Crippen LogP contribution in [0.4, 0.5) is 0 Å². The van der Waals surface area contributed by atoms with E-state index in [-0.39, 0.29) is 5.60 Å². The summed E-state index contributed by atoms with van der Waals surface area (Å²) in [7, 11) is 0. The maximum absolute atomic E-state index is 6.35. The van der Waals surface area contributed by atoms with Crippen molar-refractivity contribution in [2.45, 2.75) is 70.8 Å². The van der Waals surface area contributed by atoms with Gasteiger partial charge in [0.1, 0.15) is 0 Å². The Kier molecular flexibility index (Phi) is 5.80. The topological polar surface area (TPSA) is 9.23 Å². The summed E-state index contributed by atoms with van der Waals surface area (Å²) in [5.74, 6) is 2.78. The van der Waals surface area contributed by atoms with Crippen molar-refractivity contribution in [1.29, 1.82) is 0 Å². The highest BCUT2D eigenvalue weighted by atomic mass is 127. The molecule has 0 aromatic heterocycles. The summed E-state index contributed by atoms with van der Waals surface area (Å²) in [6.45, 7) is 5.76. The molecule has 0 radical (unpaired) electrons. The average molecular weight is 364 g/mol. The molecule has 0 aliphatic heterocycles. The van der Waals surface area contributed by atoms with Crippen LogP contribution in [0.1, 0.15) is 65.2 Å². The summed E-state index contributed by atoms with van der Waals surface area (Å²) < 4.78 is 7.53. The highest BCUT2D eigenvalue weighted by Crippen LogP contribution is 2.39. The second-order valence-electron chi connectivity index (χ2n) is 6.83. The molecule has 0 aromatic rings. The number of ether oxygens (including phenoxy) is 1. The first-order chi connectivity index (χ1) is 8.65. The molecular weight excluding hydrogens is 335 g/mol. The lowest BCUT2D eigenvalue weighted by atomic mass is 9.75. The molecule has 2 aliphatic carbocycles. The first-order valence-corrected chi connectivity index (χ1v) is 9.38. The fourth-order valence-corrected chi connectivity index (χ4v) is 4.36. The second-order valence-corrected chi connectivity index (χ2v) is 7.59. The molecule has 2 saturated carbocycles. The molecule has 0 unspecified atom stereocenters. The highest BCUT2D eigenvalue weighted by molar-refractivity contribution is 14.1. The Labute approximate surface area is 127 Å². The Morgan fingerprint density at radius 2 is 1.83 bits per heavy atom. The van der Waals surface area contributed by atoms with Gasteiger partial charge in [-0.3, -0.25) is 0 Å². The fourth-order valence-electron chi connectivity index (χ4n) is 3.37. The summed E-state index contributed by atoms with van der Waals surface area (Å²) in [6.07, 6.45) is 11.0. The summed E-state index contributed by atoms with van der Waals surface area (Å²) >= 11 is 2.54. The zero-order chi connectivity index (χ0) is 13.0. The molecule has 0 heterocycles. The van der Waals surface area contributed by atoms with Crippen molar-refractivity contribution >= 4 is 22.6 Å². The van der Waals surface area contributed by atoms with Crippen LogP contribution in [-0.4, -0.2) is 16.6 Å². The molecule has 0 spiro atoms. The zero-order valence-corrected chi connectivity index (χ0v) is 14.2. The highest BCUT2D eigenvalue weighted by Gasteiger charge is 2.36. The van der Waals surface area contributed by atoms with E-state index in [0.29, 0.717) is 0 Å². The van der Waals surface area contributed by atoms with Crippen LogP contribution in [0.15, 0.2) is 0 Å². The van der Waals surface area contributed by atoms with Gasteiger partial charge in [-0.15, -0.1) is 0 Å². The van der Waals surface area contributed by atoms with Crippen molar-refractivity contribution in [2.24, 2.45) is 17.8 Å². The maximum atomic E-state index is 6.35. The third-order valence-corrected chi connectivity index (χ3v) is 6.68. The molecule has 2 aliphatic rings. The monoisotopic (exact) mass is 364 g/mol. The van der Waals surface area contributed by atoms with E-state index in [1.165, 1.54) is 55.8 Å². The lowest BCUT2D eigenvalue weighted by Crippen LogP contribution is -2.40. The van der Waals surface area contributed by atoms with Crippen molar-refractivity contribution in [1.82, 2.24) is 0 Å². The minimum absolute atomic E-state index is 0.232. The van der Waals surface area contributed by atoms with E-state index < -0.39 is 0 Å². The van der Waals surface area contributed by atoms with Gasteiger partial charge >= 0.3 is 0 Å². The minimum Gasteiger partial charge on any atom is -0.374 e. The summed E-state index contributed by atoms with van der Waals surface area (Å²) in [6, 6.07) is 0. The van der Waals surface area contributed by atoms with Crippen LogP contribution in [0.3, 0.4) is 0 Å². The summed E-state index contributed by atoms with van der Waals surface area (Å²) in [5.41, 5.74) is 0.232. The summed E-state index contributed by atoms with van der Waals surface area (Å²) in [5, 5.41) is 0. The number of halogens is 1. The Bertz CT molecular complexity index is 239. The Balaban J connectivity index is 1.72. The van der Waals surface area contributed by atoms with E-state index >= 15 is 0 Å². The van der Waals surface area contributed by atoms with Gasteiger partial charge in [-0.2, -0.15) is 0 Å². The molecule has 0 aromatic carbocycles. The van der Waals surface area contributed by atoms with Crippen molar-refractivity contribution in [3.05, 3.63) is 0 Å². The molecule has 18 heavy (non-hydrogen) atoms. The Hall–Kier alpha value is 0.690. The molecule has 0 amide bonds. The van der Waals surface area contributed by atoms with Gasteiger partial charge in [0.05, 0.1) is 5.60 Å². The van der Waals surface area contributed by atoms with Crippen LogP contribution >= 0.6 is 22.6 Å². The van der Waals surface area contributed by atoms with Crippen LogP contribution in [-0.2, 0) is 4.74 Å². The van der Waals surface area contributed by atoms with Gasteiger partial charge in [0, 0.05) is 11.0 Å². The van der Waals surface area contributed by atoms with E-state index in [4.69, 9.17) is 4.74 Å². The number of rotatable bonds is 6. The molecule has 2 fully saturated rings. The van der Waals surface area contributed by atoms with Crippen LogP contribution in [0.5, 0.6) is 0 Å². The van der Waals surface area contributed by atoms with E-state index in [2.05, 4.69) is 36.4 Å². The first kappa shape index (κ1) is 15.1. The van der Waals surface area contributed by atoms with Gasteiger partial charge in [-0.05, 0) is 49.9 Å². The van der Waals surface area contributed by atoms with Gasteiger partial charge in [0.25, 0.3) is 0 Å². The minimum atomic E-state index is 0.232. The lowest BCUT2D eigenvalue weighted by Gasteiger charge is -2.40. The smallest absolute Gasteiger partial charge is 0.0771 e. The predicted octanol–water partition coefficient (Wildman–Crippen LogP) is 5.21. The second kappa shape index (κ2) is 6.92. The van der Waals surface area contributed by atoms with Crippen LogP contribution in [0.25, 0.3) is 0 Å². The zero-order valence-electron chi connectivity index (χ0n) is 12.1. The van der Waals surface area contributed by atoms with Gasteiger partial charge in [0.2, 0.25) is 0 Å². The van der Waals surface area contributed by atoms with Crippen molar-refractivity contribution in [3.8, 4) is 0 Å². The van der Waals surface area contributed by atoms with Crippen LogP contribution < -0.4 is 0 Å². The SMILES string of the molecule is CC(C)C1CCC(CI)(OCCC2CCC2)CC1. The Morgan fingerprint density at radius 3 is 2.28 bits per heavy atom. The normalized spacial score (nSPS) is 33.7. The largest absolute Gasteiger partial charge is 0.374 e. The molecule has 2 rings (SSSR count). The Morgan fingerprint density at radius 1 is 1.17 bits per heavy atom. The van der Waals surface area contributed by atoms with Gasteiger partial charge in [-0.25, -0.2) is 0 Å². The van der Waals surface area contributed by atoms with E-state index in [0.717, 1.165) is 24.4 Å². The van der Waals surface area contributed by atoms with Crippen molar-refractivity contribution in [2.75, 3.05) is 11.0 Å².